The zero-order chi connectivity index (χ0) is 12.0. The highest BCUT2D eigenvalue weighted by atomic mass is 16.5. The van der Waals surface area contributed by atoms with Crippen LogP contribution in [0.15, 0.2) is 18.2 Å². The fraction of sp³-hybridized carbons (Fsp3) is 0.417. The quantitative estimate of drug-likeness (QED) is 0.818. The molecule has 2 N–H and O–H groups in total. The first-order valence-corrected chi connectivity index (χ1v) is 5.10. The van der Waals surface area contributed by atoms with Crippen LogP contribution in [0.3, 0.4) is 0 Å². The summed E-state index contributed by atoms with van der Waals surface area (Å²) in [6.07, 6.45) is 0.507. The maximum absolute atomic E-state index is 8.51. The maximum Gasteiger partial charge on any atom is 0.161 e. The SMILES string of the molecule is COc1cc(C)ccc1OCCC(N)C#N. The Kier molecular flexibility index (Phi) is 4.62. The molecule has 0 aliphatic carbocycles. The minimum atomic E-state index is -0.476. The molecule has 0 amide bonds. The van der Waals surface area contributed by atoms with Crippen LogP contribution in [-0.4, -0.2) is 19.8 Å². The van der Waals surface area contributed by atoms with Crippen molar-refractivity contribution in [3.05, 3.63) is 23.8 Å². The predicted molar refractivity (Wildman–Crippen MR) is 61.4 cm³/mol. The Morgan fingerprint density at radius 2 is 2.19 bits per heavy atom. The first kappa shape index (κ1) is 12.3. The van der Waals surface area contributed by atoms with E-state index in [-0.39, 0.29) is 0 Å². The van der Waals surface area contributed by atoms with Gasteiger partial charge in [-0.3, -0.25) is 0 Å². The molecule has 0 aromatic heterocycles. The Labute approximate surface area is 95.6 Å². The summed E-state index contributed by atoms with van der Waals surface area (Å²) in [6.45, 7) is 2.39. The molecule has 1 aromatic rings. The third-order valence-electron chi connectivity index (χ3n) is 2.17. The summed E-state index contributed by atoms with van der Waals surface area (Å²) in [4.78, 5) is 0. The van der Waals surface area contributed by atoms with Crippen LogP contribution in [0.4, 0.5) is 0 Å². The number of nitrogens with zero attached hydrogens (tertiary/aromatic N) is 1. The molecule has 1 aromatic carbocycles. The van der Waals surface area contributed by atoms with Crippen molar-refractivity contribution in [1.82, 2.24) is 0 Å². The van der Waals surface area contributed by atoms with Crippen LogP contribution >= 0.6 is 0 Å². The average Bonchev–Trinajstić information content (AvgIpc) is 2.30. The third kappa shape index (κ3) is 3.44. The number of methoxy groups -OCH3 is 1. The molecule has 16 heavy (non-hydrogen) atoms. The second-order valence-corrected chi connectivity index (χ2v) is 3.53. The van der Waals surface area contributed by atoms with Gasteiger partial charge >= 0.3 is 0 Å². The lowest BCUT2D eigenvalue weighted by molar-refractivity contribution is 0.285. The lowest BCUT2D eigenvalue weighted by Gasteiger charge is -2.11. The molecule has 0 spiro atoms. The number of nitrogens with two attached hydrogens (primary N) is 1. The van der Waals surface area contributed by atoms with Crippen molar-refractivity contribution in [3.63, 3.8) is 0 Å². The van der Waals surface area contributed by atoms with Crippen molar-refractivity contribution in [2.24, 2.45) is 5.73 Å². The van der Waals surface area contributed by atoms with Gasteiger partial charge in [0.05, 0.1) is 25.8 Å². The summed E-state index contributed by atoms with van der Waals surface area (Å²) in [7, 11) is 1.60. The van der Waals surface area contributed by atoms with Crippen LogP contribution in [0.5, 0.6) is 11.5 Å². The fourth-order valence-corrected chi connectivity index (χ4v) is 1.25. The molecular weight excluding hydrogens is 204 g/mol. The van der Waals surface area contributed by atoms with Gasteiger partial charge in [-0.15, -0.1) is 0 Å². The van der Waals surface area contributed by atoms with Gasteiger partial charge in [-0.2, -0.15) is 5.26 Å². The Bertz CT molecular complexity index is 385. The number of ether oxygens (including phenoxy) is 2. The van der Waals surface area contributed by atoms with Crippen molar-refractivity contribution in [2.45, 2.75) is 19.4 Å². The van der Waals surface area contributed by atoms with Gasteiger partial charge in [0.2, 0.25) is 0 Å². The van der Waals surface area contributed by atoms with Gasteiger partial charge in [0.25, 0.3) is 0 Å². The Morgan fingerprint density at radius 3 is 2.81 bits per heavy atom. The Balaban J connectivity index is 2.57. The monoisotopic (exact) mass is 220 g/mol. The lowest BCUT2D eigenvalue weighted by Crippen LogP contribution is -2.20. The van der Waals surface area contributed by atoms with Crippen molar-refractivity contribution in [1.29, 1.82) is 5.26 Å². The minimum absolute atomic E-state index is 0.411. The molecule has 1 atom stereocenters. The molecule has 0 saturated carbocycles. The summed E-state index contributed by atoms with van der Waals surface area (Å²) in [5, 5.41) is 8.51. The molecule has 0 bridgehead atoms. The molecule has 0 saturated heterocycles. The molecule has 0 fully saturated rings. The van der Waals surface area contributed by atoms with Crippen LogP contribution in [0.1, 0.15) is 12.0 Å². The largest absolute Gasteiger partial charge is 0.493 e. The molecule has 4 heteroatoms. The van der Waals surface area contributed by atoms with E-state index in [9.17, 15) is 0 Å². The van der Waals surface area contributed by atoms with E-state index in [0.717, 1.165) is 5.56 Å². The molecular formula is C12H16N2O2. The summed E-state index contributed by atoms with van der Waals surface area (Å²) in [5.41, 5.74) is 6.57. The van der Waals surface area contributed by atoms with Crippen LogP contribution in [0.25, 0.3) is 0 Å². The molecule has 1 unspecified atom stereocenters. The lowest BCUT2D eigenvalue weighted by atomic mass is 10.2. The standard InChI is InChI=1S/C12H16N2O2/c1-9-3-4-11(12(7-9)15-2)16-6-5-10(14)8-13/h3-4,7,10H,5-6,14H2,1-2H3. The molecule has 0 radical (unpaired) electrons. The fourth-order valence-electron chi connectivity index (χ4n) is 1.25. The number of hydrogen-bond donors (Lipinski definition) is 1. The van der Waals surface area contributed by atoms with Crippen LogP contribution in [-0.2, 0) is 0 Å². The van der Waals surface area contributed by atoms with E-state index >= 15 is 0 Å². The van der Waals surface area contributed by atoms with Crippen LogP contribution in [0, 0.1) is 18.3 Å². The van der Waals surface area contributed by atoms with Gasteiger partial charge in [0.1, 0.15) is 0 Å². The van der Waals surface area contributed by atoms with Gasteiger partial charge in [0.15, 0.2) is 11.5 Å². The minimum Gasteiger partial charge on any atom is -0.493 e. The van der Waals surface area contributed by atoms with Crippen molar-refractivity contribution < 1.29 is 9.47 Å². The van der Waals surface area contributed by atoms with Gasteiger partial charge < -0.3 is 15.2 Å². The zero-order valence-electron chi connectivity index (χ0n) is 9.56. The summed E-state index contributed by atoms with van der Waals surface area (Å²) < 4.78 is 10.7. The maximum atomic E-state index is 8.51. The second-order valence-electron chi connectivity index (χ2n) is 3.53. The highest BCUT2D eigenvalue weighted by molar-refractivity contribution is 5.42. The number of rotatable bonds is 5. The average molecular weight is 220 g/mol. The predicted octanol–water partition coefficient (Wildman–Crippen LogP) is 1.62. The molecule has 0 aliphatic heterocycles. The zero-order valence-corrected chi connectivity index (χ0v) is 9.56. The van der Waals surface area contributed by atoms with E-state index in [1.165, 1.54) is 0 Å². The van der Waals surface area contributed by atoms with Gasteiger partial charge in [-0.1, -0.05) is 6.07 Å². The highest BCUT2D eigenvalue weighted by Crippen LogP contribution is 2.27. The van der Waals surface area contributed by atoms with Gasteiger partial charge in [0, 0.05) is 6.42 Å². The van der Waals surface area contributed by atoms with Crippen molar-refractivity contribution >= 4 is 0 Å². The molecule has 1 rings (SSSR count). The summed E-state index contributed by atoms with van der Waals surface area (Å²) >= 11 is 0. The molecule has 0 heterocycles. The summed E-state index contributed by atoms with van der Waals surface area (Å²) in [6, 6.07) is 7.18. The number of aryl methyl sites for hydroxylation is 1. The van der Waals surface area contributed by atoms with E-state index in [1.807, 2.05) is 31.2 Å². The van der Waals surface area contributed by atoms with E-state index in [1.54, 1.807) is 7.11 Å². The second kappa shape index (κ2) is 5.99. The van der Waals surface area contributed by atoms with Gasteiger partial charge in [-0.25, -0.2) is 0 Å². The van der Waals surface area contributed by atoms with Crippen molar-refractivity contribution in [2.75, 3.05) is 13.7 Å². The molecule has 86 valence electrons. The smallest absolute Gasteiger partial charge is 0.161 e. The van der Waals surface area contributed by atoms with E-state index in [4.69, 9.17) is 20.5 Å². The topological polar surface area (TPSA) is 68.3 Å². The highest BCUT2D eigenvalue weighted by Gasteiger charge is 2.05. The van der Waals surface area contributed by atoms with Gasteiger partial charge in [-0.05, 0) is 24.6 Å². The van der Waals surface area contributed by atoms with E-state index in [2.05, 4.69) is 0 Å². The number of hydrogen-bond acceptors (Lipinski definition) is 4. The van der Waals surface area contributed by atoms with Crippen LogP contribution < -0.4 is 15.2 Å². The van der Waals surface area contributed by atoms with Crippen molar-refractivity contribution in [3.8, 4) is 17.6 Å². The summed E-state index contributed by atoms with van der Waals surface area (Å²) in [5.74, 6) is 1.38. The van der Waals surface area contributed by atoms with E-state index in [0.29, 0.717) is 24.5 Å². The Morgan fingerprint density at radius 1 is 1.44 bits per heavy atom. The first-order chi connectivity index (χ1) is 7.67. The number of nitriles is 1. The number of benzene rings is 1. The third-order valence-corrected chi connectivity index (χ3v) is 2.17. The van der Waals surface area contributed by atoms with E-state index < -0.39 is 6.04 Å². The van der Waals surface area contributed by atoms with Crippen LogP contribution in [0.2, 0.25) is 0 Å². The first-order valence-electron chi connectivity index (χ1n) is 5.10. The molecule has 4 nitrogen and oxygen atoms in total. The molecule has 0 aliphatic rings. The Hall–Kier alpha value is -1.73. The normalized spacial score (nSPS) is 11.6.